The number of hydrogen-bond donors (Lipinski definition) is 3. The van der Waals surface area contributed by atoms with Crippen molar-refractivity contribution in [1.29, 1.82) is 0 Å². The van der Waals surface area contributed by atoms with Crippen LogP contribution in [-0.4, -0.2) is 113 Å². The number of halogens is 19. The third-order valence-corrected chi connectivity index (χ3v) is 9.53. The van der Waals surface area contributed by atoms with Crippen LogP contribution >= 0.6 is 0 Å². The van der Waals surface area contributed by atoms with Crippen molar-refractivity contribution in [1.82, 2.24) is 5.32 Å². The van der Waals surface area contributed by atoms with E-state index < -0.39 is 117 Å². The number of nitrogens with zero attached hydrogens (tertiary/aromatic N) is 1. The maximum atomic E-state index is 17.7. The third kappa shape index (κ3) is 5.82. The fourth-order valence-electron chi connectivity index (χ4n) is 6.78. The van der Waals surface area contributed by atoms with Gasteiger partial charge in [-0.2, -0.15) is 79.0 Å². The van der Waals surface area contributed by atoms with Crippen LogP contribution in [0.1, 0.15) is 25.3 Å². The number of nitrogens with one attached hydrogen (secondary N) is 1. The van der Waals surface area contributed by atoms with Gasteiger partial charge in [0.2, 0.25) is 0 Å². The highest BCUT2D eigenvalue weighted by molar-refractivity contribution is 5.86. The number of carboxylic acids is 2. The summed E-state index contributed by atoms with van der Waals surface area (Å²) >= 11 is 0. The predicted molar refractivity (Wildman–Crippen MR) is 141 cm³/mol. The summed E-state index contributed by atoms with van der Waals surface area (Å²) < 4.78 is 288. The summed E-state index contributed by atoms with van der Waals surface area (Å²) in [7, 11) is 1.10. The van der Waals surface area contributed by atoms with E-state index in [-0.39, 0.29) is 26.0 Å². The number of piperidine rings is 1. The predicted octanol–water partition coefficient (Wildman–Crippen LogP) is 7.46. The van der Waals surface area contributed by atoms with E-state index >= 15 is 30.7 Å². The molecule has 6 unspecified atom stereocenters. The number of aliphatic carboxylic acids is 2. The lowest BCUT2D eigenvalue weighted by atomic mass is 9.45. The topological polar surface area (TPSA) is 148 Å². The molecule has 322 valence electrons. The van der Waals surface area contributed by atoms with E-state index in [0.29, 0.717) is 26.4 Å². The minimum Gasteiger partial charge on any atom is -0.481 e. The second kappa shape index (κ2) is 13.9. The number of alkyl halides is 19. The SMILES string of the molecule is COC(OC)C1NC(C)C(C(=O)O)(C(F)(C(F)(F)C(F)(F)F)C(F)(F)C(F)(F)C(F)(F)C(F)(F)C(F)(F)C(F)(F)F)C(c2ccccc2[N+](=O)[O-])C1(C)C(=O)O. The molecule has 1 heterocycles. The molecule has 0 saturated carbocycles. The molecule has 1 aromatic rings. The zero-order valence-electron chi connectivity index (χ0n) is 27.6. The summed E-state index contributed by atoms with van der Waals surface area (Å²) in [6, 6.07) is -5.79. The zero-order chi connectivity index (χ0) is 44.6. The van der Waals surface area contributed by atoms with E-state index in [0.717, 1.165) is 0 Å². The van der Waals surface area contributed by atoms with Crippen molar-refractivity contribution in [2.75, 3.05) is 14.2 Å². The first-order valence-corrected chi connectivity index (χ1v) is 14.3. The van der Waals surface area contributed by atoms with E-state index in [2.05, 4.69) is 0 Å². The first kappa shape index (κ1) is 48.3. The highest BCUT2D eigenvalue weighted by Crippen LogP contribution is 2.74. The number of nitro groups is 1. The standard InChI is InChI=1S/C27H23F19N2O8/c1-9-18(16(51)52,12(10-7-5-6-8-11(10)48(53)54)17(2,15(49)50)13(47-9)14(55-3)56-4)19(28,21(31,32)26(41,42)43)20(29,30)22(33,34)23(35,36)24(37,38)25(39,40)27(44,45)46/h5-9,12-14,47H,1-4H3,(H,49,50)(H,51,52). The van der Waals surface area contributed by atoms with Gasteiger partial charge in [0.05, 0.1) is 16.4 Å². The average molecular weight is 864 g/mol. The molecule has 3 N–H and O–H groups in total. The molecule has 2 rings (SSSR count). The first-order chi connectivity index (χ1) is 24.7. The Morgan fingerprint density at radius 3 is 1.46 bits per heavy atom. The van der Waals surface area contributed by atoms with Gasteiger partial charge in [0.1, 0.15) is 5.41 Å². The van der Waals surface area contributed by atoms with Crippen molar-refractivity contribution < 1.29 is 118 Å². The average Bonchev–Trinajstić information content (AvgIpc) is 3.04. The fraction of sp³-hybridized carbons (Fsp3) is 0.704. The third-order valence-electron chi connectivity index (χ3n) is 9.53. The summed E-state index contributed by atoms with van der Waals surface area (Å²) in [4.78, 5) is 36.5. The zero-order valence-corrected chi connectivity index (χ0v) is 27.6. The second-order valence-corrected chi connectivity index (χ2v) is 12.3. The molecule has 1 aliphatic rings. The van der Waals surface area contributed by atoms with Gasteiger partial charge in [-0.3, -0.25) is 19.7 Å². The fourth-order valence-corrected chi connectivity index (χ4v) is 6.78. The molecule has 0 spiro atoms. The summed E-state index contributed by atoms with van der Waals surface area (Å²) in [5.41, 5.74) is -23.3. The Morgan fingerprint density at radius 2 is 1.11 bits per heavy atom. The maximum Gasteiger partial charge on any atom is 0.460 e. The summed E-state index contributed by atoms with van der Waals surface area (Å²) in [5.74, 6) is -66.2. The van der Waals surface area contributed by atoms with Gasteiger partial charge in [0.15, 0.2) is 6.29 Å². The number of carboxylic acid groups (broad SMARTS) is 2. The highest BCUT2D eigenvalue weighted by atomic mass is 19.4. The van der Waals surface area contributed by atoms with Crippen molar-refractivity contribution in [2.45, 2.75) is 91.7 Å². The quantitative estimate of drug-likeness (QED) is 0.0751. The molecule has 0 amide bonds. The number of ether oxygens (including phenoxy) is 2. The Bertz CT molecular complexity index is 1690. The Kier molecular flexibility index (Phi) is 12.0. The van der Waals surface area contributed by atoms with Gasteiger partial charge in [0, 0.05) is 37.8 Å². The smallest absolute Gasteiger partial charge is 0.460 e. The van der Waals surface area contributed by atoms with Crippen molar-refractivity contribution >= 4 is 17.6 Å². The number of hydrogen-bond acceptors (Lipinski definition) is 7. The van der Waals surface area contributed by atoms with Crippen LogP contribution in [0.4, 0.5) is 89.1 Å². The van der Waals surface area contributed by atoms with Gasteiger partial charge < -0.3 is 25.0 Å². The molecule has 10 nitrogen and oxygen atoms in total. The lowest BCUT2D eigenvalue weighted by Gasteiger charge is -2.63. The van der Waals surface area contributed by atoms with Crippen LogP contribution < -0.4 is 5.32 Å². The monoisotopic (exact) mass is 864 g/mol. The van der Waals surface area contributed by atoms with E-state index in [9.17, 15) is 82.6 Å². The molecule has 1 aliphatic heterocycles. The van der Waals surface area contributed by atoms with Gasteiger partial charge in [-0.25, -0.2) is 4.39 Å². The van der Waals surface area contributed by atoms with Crippen LogP contribution in [0.25, 0.3) is 0 Å². The van der Waals surface area contributed by atoms with E-state index in [1.165, 1.54) is 5.32 Å². The van der Waals surface area contributed by atoms with Gasteiger partial charge in [0.25, 0.3) is 11.4 Å². The molecule has 6 atom stereocenters. The maximum absolute atomic E-state index is 17.7. The Hall–Kier alpha value is -3.89. The summed E-state index contributed by atoms with van der Waals surface area (Å²) in [6.07, 6.45) is -18.9. The van der Waals surface area contributed by atoms with Crippen LogP contribution in [0.15, 0.2) is 24.3 Å². The van der Waals surface area contributed by atoms with Gasteiger partial charge >= 0.3 is 59.8 Å². The van der Waals surface area contributed by atoms with Crippen LogP contribution in [0.3, 0.4) is 0 Å². The minimum absolute atomic E-state index is 0.0680. The molecule has 1 saturated heterocycles. The number of rotatable bonds is 14. The Morgan fingerprint density at radius 1 is 0.714 bits per heavy atom. The minimum atomic E-state index is -9.45. The summed E-state index contributed by atoms with van der Waals surface area (Å²) in [6.45, 7) is -0.440. The molecular formula is C27H23F19N2O8. The van der Waals surface area contributed by atoms with E-state index in [1.807, 2.05) is 0 Å². The Balaban J connectivity index is 3.63. The summed E-state index contributed by atoms with van der Waals surface area (Å²) in [5, 5.41) is 34.1. The van der Waals surface area contributed by atoms with E-state index in [4.69, 9.17) is 9.47 Å². The lowest BCUT2D eigenvalue weighted by Crippen LogP contribution is -2.86. The second-order valence-electron chi connectivity index (χ2n) is 12.3. The molecule has 29 heteroatoms. The molecule has 1 fully saturated rings. The van der Waals surface area contributed by atoms with Crippen LogP contribution in [0.2, 0.25) is 0 Å². The van der Waals surface area contributed by atoms with Gasteiger partial charge in [-0.1, -0.05) is 18.2 Å². The number of carbonyl (C=O) groups is 2. The van der Waals surface area contributed by atoms with Crippen molar-refractivity contribution in [3.05, 3.63) is 39.9 Å². The molecule has 0 aromatic heterocycles. The van der Waals surface area contributed by atoms with Crippen molar-refractivity contribution in [3.63, 3.8) is 0 Å². The van der Waals surface area contributed by atoms with Crippen LogP contribution in [-0.2, 0) is 19.1 Å². The number of benzene rings is 1. The van der Waals surface area contributed by atoms with E-state index in [1.54, 1.807) is 0 Å². The molecule has 0 aliphatic carbocycles. The molecule has 0 radical (unpaired) electrons. The molecule has 1 aromatic carbocycles. The first-order valence-electron chi connectivity index (χ1n) is 14.3. The van der Waals surface area contributed by atoms with Crippen molar-refractivity contribution in [2.24, 2.45) is 10.8 Å². The molecule has 56 heavy (non-hydrogen) atoms. The number of methoxy groups -OCH3 is 2. The van der Waals surface area contributed by atoms with Gasteiger partial charge in [-0.05, 0) is 13.8 Å². The normalized spacial score (nSPS) is 26.2. The number of nitro benzene ring substituents is 1. The Labute approximate surface area is 298 Å². The largest absolute Gasteiger partial charge is 0.481 e. The highest BCUT2D eigenvalue weighted by Gasteiger charge is 3.01. The molecular weight excluding hydrogens is 841 g/mol. The van der Waals surface area contributed by atoms with Crippen molar-refractivity contribution in [3.8, 4) is 0 Å². The number of para-hydroxylation sites is 1. The van der Waals surface area contributed by atoms with Gasteiger partial charge in [-0.15, -0.1) is 0 Å². The van der Waals surface area contributed by atoms with Crippen LogP contribution in [0, 0.1) is 20.9 Å². The molecule has 0 bridgehead atoms. The van der Waals surface area contributed by atoms with Crippen LogP contribution in [0.5, 0.6) is 0 Å². The lowest BCUT2D eigenvalue weighted by molar-refractivity contribution is -0.470.